The summed E-state index contributed by atoms with van der Waals surface area (Å²) in [6.07, 6.45) is -4.54. The first-order valence-electron chi connectivity index (χ1n) is 9.04. The third kappa shape index (κ3) is 4.76. The van der Waals surface area contributed by atoms with E-state index in [-0.39, 0.29) is 11.3 Å². The van der Waals surface area contributed by atoms with E-state index in [0.29, 0.717) is 16.8 Å². The van der Waals surface area contributed by atoms with Gasteiger partial charge in [-0.05, 0) is 26.8 Å². The van der Waals surface area contributed by atoms with Crippen LogP contribution in [0.25, 0.3) is 22.4 Å². The number of benzene rings is 1. The molecule has 0 unspecified atom stereocenters. The highest BCUT2D eigenvalue weighted by molar-refractivity contribution is 6.08. The molecule has 3 rings (SSSR count). The summed E-state index contributed by atoms with van der Waals surface area (Å²) in [6.45, 7) is 3.39. The molecule has 0 saturated carbocycles. The van der Waals surface area contributed by atoms with Gasteiger partial charge < -0.3 is 15.2 Å². The van der Waals surface area contributed by atoms with Crippen LogP contribution in [0.3, 0.4) is 0 Å². The fourth-order valence-corrected chi connectivity index (χ4v) is 2.83. The first-order chi connectivity index (χ1) is 14.0. The molecule has 2 heterocycles. The second-order valence-electron chi connectivity index (χ2n) is 6.90. The lowest BCUT2D eigenvalue weighted by atomic mass is 10.0. The van der Waals surface area contributed by atoms with Crippen LogP contribution in [0.1, 0.15) is 28.5 Å². The first-order valence-corrected chi connectivity index (χ1v) is 9.04. The maximum absolute atomic E-state index is 12.9. The number of fused-ring (bicyclic) bond motifs is 1. The van der Waals surface area contributed by atoms with Gasteiger partial charge in [-0.1, -0.05) is 35.0 Å². The fraction of sp³-hybridized carbons (Fsp3) is 0.300. The van der Waals surface area contributed by atoms with Crippen molar-refractivity contribution in [3.8, 4) is 11.3 Å². The molecule has 158 valence electrons. The van der Waals surface area contributed by atoms with E-state index in [4.69, 9.17) is 4.52 Å². The van der Waals surface area contributed by atoms with Crippen LogP contribution in [0.15, 0.2) is 34.9 Å². The standard InChI is InChI=1S/C20H19F3N4O3/c1-10-4-6-13(7-5-10)15-8-14(16-11(2)27-30-19(16)26-15)18(29)25-12(3)17(28)24-9-20(21,22)23/h4-8,12H,9H2,1-3H3,(H,24,28)(H,25,29)/t12-/m1/s1. The van der Waals surface area contributed by atoms with Gasteiger partial charge in [-0.3, -0.25) is 9.59 Å². The van der Waals surface area contributed by atoms with Crippen molar-refractivity contribution in [1.29, 1.82) is 0 Å². The quantitative estimate of drug-likeness (QED) is 0.660. The van der Waals surface area contributed by atoms with E-state index >= 15 is 0 Å². The number of nitrogens with zero attached hydrogens (tertiary/aromatic N) is 2. The highest BCUT2D eigenvalue weighted by atomic mass is 19.4. The molecule has 7 nitrogen and oxygen atoms in total. The molecule has 0 saturated heterocycles. The largest absolute Gasteiger partial charge is 0.405 e. The number of amides is 2. The van der Waals surface area contributed by atoms with Crippen LogP contribution in [0.5, 0.6) is 0 Å². The lowest BCUT2D eigenvalue weighted by molar-refractivity contribution is -0.139. The van der Waals surface area contributed by atoms with Crippen molar-refractivity contribution < 1.29 is 27.3 Å². The van der Waals surface area contributed by atoms with Gasteiger partial charge in [0.05, 0.1) is 22.3 Å². The van der Waals surface area contributed by atoms with Crippen LogP contribution >= 0.6 is 0 Å². The van der Waals surface area contributed by atoms with Gasteiger partial charge >= 0.3 is 6.18 Å². The molecule has 2 aromatic heterocycles. The summed E-state index contributed by atoms with van der Waals surface area (Å²) in [7, 11) is 0. The van der Waals surface area contributed by atoms with Gasteiger partial charge in [-0.25, -0.2) is 4.98 Å². The van der Waals surface area contributed by atoms with E-state index in [2.05, 4.69) is 15.5 Å². The minimum Gasteiger partial charge on any atom is -0.345 e. The van der Waals surface area contributed by atoms with Crippen molar-refractivity contribution in [2.24, 2.45) is 0 Å². The van der Waals surface area contributed by atoms with Crippen LogP contribution < -0.4 is 10.6 Å². The van der Waals surface area contributed by atoms with Gasteiger partial charge in [0.15, 0.2) is 0 Å². The van der Waals surface area contributed by atoms with Crippen LogP contribution in [0, 0.1) is 13.8 Å². The maximum atomic E-state index is 12.9. The van der Waals surface area contributed by atoms with Crippen LogP contribution in [-0.2, 0) is 4.79 Å². The topological polar surface area (TPSA) is 97.1 Å². The Balaban J connectivity index is 1.90. The molecule has 0 aliphatic carbocycles. The fourth-order valence-electron chi connectivity index (χ4n) is 2.83. The lowest BCUT2D eigenvalue weighted by Gasteiger charge is -2.15. The average Bonchev–Trinajstić information content (AvgIpc) is 3.06. The zero-order valence-corrected chi connectivity index (χ0v) is 16.4. The number of rotatable bonds is 5. The summed E-state index contributed by atoms with van der Waals surface area (Å²) >= 11 is 0. The average molecular weight is 420 g/mol. The van der Waals surface area contributed by atoms with E-state index in [0.717, 1.165) is 11.1 Å². The maximum Gasteiger partial charge on any atom is 0.405 e. The van der Waals surface area contributed by atoms with Crippen molar-refractivity contribution >= 4 is 22.9 Å². The van der Waals surface area contributed by atoms with Gasteiger partial charge in [-0.2, -0.15) is 13.2 Å². The minimum atomic E-state index is -4.54. The molecule has 3 aromatic rings. The van der Waals surface area contributed by atoms with Gasteiger partial charge in [0, 0.05) is 5.56 Å². The Morgan fingerprint density at radius 3 is 2.47 bits per heavy atom. The molecule has 1 aromatic carbocycles. The number of halogens is 3. The minimum absolute atomic E-state index is 0.143. The molecule has 0 radical (unpaired) electrons. The number of aryl methyl sites for hydroxylation is 2. The van der Waals surface area contributed by atoms with E-state index in [1.54, 1.807) is 12.2 Å². The third-order valence-electron chi connectivity index (χ3n) is 4.41. The molecule has 10 heteroatoms. The number of pyridine rings is 1. The normalized spacial score (nSPS) is 12.6. The number of hydrogen-bond acceptors (Lipinski definition) is 5. The monoisotopic (exact) mass is 420 g/mol. The van der Waals surface area contributed by atoms with Crippen LogP contribution in [0.4, 0.5) is 13.2 Å². The van der Waals surface area contributed by atoms with Gasteiger partial charge in [-0.15, -0.1) is 0 Å². The molecule has 30 heavy (non-hydrogen) atoms. The van der Waals surface area contributed by atoms with Crippen molar-refractivity contribution in [3.05, 3.63) is 47.2 Å². The summed E-state index contributed by atoms with van der Waals surface area (Å²) in [5.41, 5.74) is 2.97. The summed E-state index contributed by atoms with van der Waals surface area (Å²) in [5, 5.41) is 8.36. The predicted molar refractivity (Wildman–Crippen MR) is 103 cm³/mol. The highest BCUT2D eigenvalue weighted by Crippen LogP contribution is 2.27. The van der Waals surface area contributed by atoms with E-state index in [1.807, 2.05) is 31.2 Å². The number of nitrogens with one attached hydrogen (secondary N) is 2. The summed E-state index contributed by atoms with van der Waals surface area (Å²) < 4.78 is 42.1. The van der Waals surface area contributed by atoms with E-state index in [1.165, 1.54) is 13.0 Å². The second kappa shape index (κ2) is 8.13. The lowest BCUT2D eigenvalue weighted by Crippen LogP contribution is -2.47. The Labute approximate surface area is 169 Å². The number of carbonyl (C=O) groups is 2. The Hall–Kier alpha value is -3.43. The molecule has 2 N–H and O–H groups in total. The van der Waals surface area contributed by atoms with Gasteiger partial charge in [0.1, 0.15) is 12.6 Å². The van der Waals surface area contributed by atoms with Crippen molar-refractivity contribution in [2.75, 3.05) is 6.54 Å². The van der Waals surface area contributed by atoms with Crippen molar-refractivity contribution in [1.82, 2.24) is 20.8 Å². The summed E-state index contributed by atoms with van der Waals surface area (Å²) in [5.74, 6) is -1.61. The number of hydrogen-bond donors (Lipinski definition) is 2. The summed E-state index contributed by atoms with van der Waals surface area (Å²) in [4.78, 5) is 29.1. The second-order valence-corrected chi connectivity index (χ2v) is 6.90. The Bertz CT molecular complexity index is 1090. The van der Waals surface area contributed by atoms with E-state index < -0.39 is 30.6 Å². The molecular formula is C20H19F3N4O3. The number of aromatic nitrogens is 2. The molecular weight excluding hydrogens is 401 g/mol. The Morgan fingerprint density at radius 2 is 1.83 bits per heavy atom. The Kier molecular flexibility index (Phi) is 5.77. The molecule has 0 aliphatic heterocycles. The van der Waals surface area contributed by atoms with Crippen LogP contribution in [0.2, 0.25) is 0 Å². The van der Waals surface area contributed by atoms with Crippen molar-refractivity contribution in [2.45, 2.75) is 33.0 Å². The van der Waals surface area contributed by atoms with Crippen molar-refractivity contribution in [3.63, 3.8) is 0 Å². The first kappa shape index (κ1) is 21.3. The molecule has 0 aliphatic rings. The number of alkyl halides is 3. The molecule has 0 spiro atoms. The Morgan fingerprint density at radius 1 is 1.17 bits per heavy atom. The van der Waals surface area contributed by atoms with Gasteiger partial charge in [0.2, 0.25) is 5.91 Å². The number of carbonyl (C=O) groups excluding carboxylic acids is 2. The SMILES string of the molecule is Cc1ccc(-c2cc(C(=O)N[C@H](C)C(=O)NCC(F)(F)F)c3c(C)noc3n2)cc1. The molecule has 1 atom stereocenters. The zero-order chi connectivity index (χ0) is 22.1. The summed E-state index contributed by atoms with van der Waals surface area (Å²) in [6, 6.07) is 7.79. The van der Waals surface area contributed by atoms with E-state index in [9.17, 15) is 22.8 Å². The molecule has 2 amide bonds. The highest BCUT2D eigenvalue weighted by Gasteiger charge is 2.29. The van der Waals surface area contributed by atoms with Crippen LogP contribution in [-0.4, -0.2) is 40.7 Å². The third-order valence-corrected chi connectivity index (χ3v) is 4.41. The van der Waals surface area contributed by atoms with Gasteiger partial charge in [0.25, 0.3) is 11.6 Å². The zero-order valence-electron chi connectivity index (χ0n) is 16.4. The molecule has 0 bridgehead atoms. The molecule has 0 fully saturated rings. The predicted octanol–water partition coefficient (Wildman–Crippen LogP) is 3.30. The smallest absolute Gasteiger partial charge is 0.345 e.